The van der Waals surface area contributed by atoms with Gasteiger partial charge in [-0.25, -0.2) is 18.9 Å². The van der Waals surface area contributed by atoms with E-state index < -0.39 is 65.9 Å². The maximum Gasteiger partial charge on any atom is 0.410 e. The van der Waals surface area contributed by atoms with E-state index in [9.17, 15) is 34.2 Å². The number of thiazole rings is 1. The molecule has 7 aromatic rings. The number of hydrogen-bond donors (Lipinski definition) is 4. The Hall–Kier alpha value is -8.36. The molecule has 4 N–H and O–H groups in total. The quantitative estimate of drug-likeness (QED) is 0.0521. The van der Waals surface area contributed by atoms with Gasteiger partial charge < -0.3 is 64.1 Å². The molecule has 25 heteroatoms. The third-order valence-electron chi connectivity index (χ3n) is 19.9. The van der Waals surface area contributed by atoms with Crippen molar-refractivity contribution >= 4 is 68.7 Å². The number of ether oxygens (including phenoxy) is 5. The lowest BCUT2D eigenvalue weighted by Crippen LogP contribution is -2.55. The van der Waals surface area contributed by atoms with Crippen LogP contribution in [0.1, 0.15) is 155 Å². The summed E-state index contributed by atoms with van der Waals surface area (Å²) in [6, 6.07) is 15.2. The molecule has 5 aliphatic heterocycles. The summed E-state index contributed by atoms with van der Waals surface area (Å²) in [7, 11) is 1.60. The van der Waals surface area contributed by atoms with Crippen LogP contribution in [0.2, 0.25) is 0 Å². The van der Waals surface area contributed by atoms with E-state index in [0.29, 0.717) is 102 Å². The van der Waals surface area contributed by atoms with Crippen molar-refractivity contribution in [3.8, 4) is 33.3 Å². The van der Waals surface area contributed by atoms with Crippen LogP contribution in [0.5, 0.6) is 11.8 Å². The fraction of sp³-hybridized carbons (Fsp3) is 0.521. The standard InChI is InChI=1S/C73H88FN11O12S/c1-40(2)63(70(91)84-36-50(87)30-58(84)68(89)77-56(37-86)45-18-20-46(21-19-45)66-42(4)75-39-98-66)78-59(88)22-25-81(8)69(90)47-14-12-43(13-15-47)38-95-65-62(61-41(3)55(74)32-57-54(61)33-76-85(57)60-11-9-10-26-94-60)52(44-16-17-44)31-53-64(65)79-71(96-51-23-27-93-28-24-51)80-67(53)82-34-49-29-48(82)35-83(49)72(92)97-73(5,6)7/h12-15,18-21,31-33,39-40,44,48-51,56,58,60,63,86-87H,9-11,16-17,22-30,34-38H2,1-8H3,(H,77,89)(H,78,88)/t48-,49-,50+,56-,58-,60?,63-/m0/s1. The first-order valence-corrected chi connectivity index (χ1v) is 35.3. The number of carbonyl (C=O) groups excluding carboxylic acids is 5. The van der Waals surface area contributed by atoms with Crippen LogP contribution in [-0.2, 0) is 35.2 Å². The summed E-state index contributed by atoms with van der Waals surface area (Å²) >= 11 is 1.52. The predicted octanol–water partition coefficient (Wildman–Crippen LogP) is 9.85. The number of aryl methyl sites for hydroxylation is 1. The number of likely N-dealkylation sites (tertiary alicyclic amines) is 2. The van der Waals surface area contributed by atoms with Gasteiger partial charge in [0.1, 0.15) is 47.5 Å². The third-order valence-corrected chi connectivity index (χ3v) is 20.8. The monoisotopic (exact) mass is 1360 g/mol. The Balaban J connectivity index is 0.745. The number of nitrogens with one attached hydrogen (secondary N) is 2. The van der Waals surface area contributed by atoms with Gasteiger partial charge in [-0.05, 0) is 131 Å². The highest BCUT2D eigenvalue weighted by molar-refractivity contribution is 7.13. The Kier molecular flexibility index (Phi) is 19.8. The van der Waals surface area contributed by atoms with Crippen LogP contribution >= 0.6 is 11.3 Å². The molecule has 23 nitrogen and oxygen atoms in total. The lowest BCUT2D eigenvalue weighted by Gasteiger charge is -2.36. The number of fused-ring (bicyclic) bond motifs is 4. The Morgan fingerprint density at radius 2 is 1.63 bits per heavy atom. The SMILES string of the molecule is Cc1ncsc1-c1ccc([C@H](CO)NC(=O)[C@@H]2C[C@@H](O)CN2C(=O)[C@@H](NC(=O)CCN(C)C(=O)c2ccc(COc3c(-c4c(C)c(F)cc5c4cnn5C4CCCCO4)c(C4CC4)cc4c(N5C[C@@H]6C[C@H]5CN6C(=O)OC(C)(C)C)nc(OC5CCOCC5)nc34)cc2)C(C)C)cc1. The van der Waals surface area contributed by atoms with Gasteiger partial charge in [-0.15, -0.1) is 11.3 Å². The zero-order valence-corrected chi connectivity index (χ0v) is 57.7. The van der Waals surface area contributed by atoms with Crippen LogP contribution in [0.4, 0.5) is 15.0 Å². The van der Waals surface area contributed by atoms with Gasteiger partial charge in [0, 0.05) is 99.0 Å². The van der Waals surface area contributed by atoms with Crippen molar-refractivity contribution in [2.75, 3.05) is 64.6 Å². The summed E-state index contributed by atoms with van der Waals surface area (Å²) in [4.78, 5) is 92.5. The largest absolute Gasteiger partial charge is 0.486 e. The molecular formula is C73H88FN11O12S. The zero-order valence-electron chi connectivity index (χ0n) is 56.9. The van der Waals surface area contributed by atoms with Gasteiger partial charge in [0.2, 0.25) is 17.7 Å². The van der Waals surface area contributed by atoms with Crippen molar-refractivity contribution < 1.29 is 62.3 Å². The fourth-order valence-corrected chi connectivity index (χ4v) is 15.2. The number of aromatic nitrogens is 5. The number of β-amino-alcohol motifs (C(OH)–C–C–N with tert-alkyl or cyclic N) is 1. The molecule has 8 heterocycles. The molecule has 1 aliphatic carbocycles. The van der Waals surface area contributed by atoms with Gasteiger partial charge in [0.15, 0.2) is 12.0 Å². The van der Waals surface area contributed by atoms with Crippen molar-refractivity contribution in [1.29, 1.82) is 0 Å². The second-order valence-corrected chi connectivity index (χ2v) is 29.3. The fourth-order valence-electron chi connectivity index (χ4n) is 14.4. The predicted molar refractivity (Wildman–Crippen MR) is 366 cm³/mol. The van der Waals surface area contributed by atoms with E-state index in [1.807, 2.05) is 69.0 Å². The first-order chi connectivity index (χ1) is 47.1. The highest BCUT2D eigenvalue weighted by Crippen LogP contribution is 2.54. The van der Waals surface area contributed by atoms with E-state index in [1.54, 1.807) is 62.4 Å². The van der Waals surface area contributed by atoms with E-state index in [1.165, 1.54) is 21.1 Å². The van der Waals surface area contributed by atoms with Gasteiger partial charge >= 0.3 is 12.1 Å². The first kappa shape index (κ1) is 68.2. The number of anilines is 1. The minimum Gasteiger partial charge on any atom is -0.486 e. The minimum absolute atomic E-state index is 0.00597. The van der Waals surface area contributed by atoms with Crippen LogP contribution in [-0.4, -0.2) is 181 Å². The number of carbonyl (C=O) groups is 5. The molecule has 98 heavy (non-hydrogen) atoms. The minimum atomic E-state index is -1.06. The number of piperazine rings is 1. The molecule has 13 rings (SSSR count). The summed E-state index contributed by atoms with van der Waals surface area (Å²) in [5.74, 6) is -1.57. The van der Waals surface area contributed by atoms with E-state index in [4.69, 9.17) is 38.8 Å². The molecule has 5 amide bonds. The molecule has 6 fully saturated rings. The molecule has 0 spiro atoms. The van der Waals surface area contributed by atoms with Crippen molar-refractivity contribution in [3.63, 3.8) is 0 Å². The first-order valence-electron chi connectivity index (χ1n) is 34.4. The van der Waals surface area contributed by atoms with Crippen LogP contribution < -0.4 is 25.0 Å². The topological polar surface area (TPSA) is 265 Å². The van der Waals surface area contributed by atoms with Crippen molar-refractivity contribution in [2.45, 2.75) is 179 Å². The number of benzene rings is 4. The molecule has 4 aromatic carbocycles. The van der Waals surface area contributed by atoms with E-state index >= 15 is 4.39 Å². The van der Waals surface area contributed by atoms with E-state index in [0.717, 1.165) is 71.0 Å². The molecule has 2 bridgehead atoms. The Morgan fingerprint density at radius 3 is 2.30 bits per heavy atom. The third kappa shape index (κ3) is 14.3. The number of aliphatic hydroxyl groups is 2. The molecule has 6 aliphatic rings. The van der Waals surface area contributed by atoms with Crippen molar-refractivity contribution in [1.82, 2.24) is 50.1 Å². The summed E-state index contributed by atoms with van der Waals surface area (Å²) < 4.78 is 50.6. The number of aliphatic hydroxyl groups excluding tert-OH is 2. The molecule has 1 saturated carbocycles. The highest BCUT2D eigenvalue weighted by atomic mass is 32.1. The van der Waals surface area contributed by atoms with Gasteiger partial charge in [0.05, 0.1) is 71.8 Å². The number of hydrogen-bond acceptors (Lipinski definition) is 18. The molecule has 0 radical (unpaired) electrons. The summed E-state index contributed by atoms with van der Waals surface area (Å²) in [5.41, 5.74) is 8.49. The van der Waals surface area contributed by atoms with E-state index in [2.05, 4.69) is 26.6 Å². The van der Waals surface area contributed by atoms with Crippen molar-refractivity contribution in [3.05, 3.63) is 112 Å². The van der Waals surface area contributed by atoms with Crippen LogP contribution in [0, 0.1) is 25.6 Å². The highest BCUT2D eigenvalue weighted by Gasteiger charge is 2.49. The number of nitrogens with zero attached hydrogens (tertiary/aromatic N) is 9. The van der Waals surface area contributed by atoms with E-state index in [-0.39, 0.29) is 80.9 Å². The van der Waals surface area contributed by atoms with Crippen molar-refractivity contribution in [2.24, 2.45) is 5.92 Å². The number of amides is 5. The van der Waals surface area contributed by atoms with Gasteiger partial charge in [0.25, 0.3) is 5.91 Å². The Morgan fingerprint density at radius 1 is 0.867 bits per heavy atom. The molecule has 5 saturated heterocycles. The molecular weight excluding hydrogens is 1270 g/mol. The average Bonchev–Trinajstić information content (AvgIpc) is 1.40. The normalized spacial score (nSPS) is 21.1. The maximum atomic E-state index is 17.0. The molecule has 7 atom stereocenters. The summed E-state index contributed by atoms with van der Waals surface area (Å²) in [6.07, 6.45) is 6.13. The van der Waals surface area contributed by atoms with Crippen LogP contribution in [0.25, 0.3) is 43.4 Å². The summed E-state index contributed by atoms with van der Waals surface area (Å²) in [6.45, 7) is 14.9. The van der Waals surface area contributed by atoms with Gasteiger partial charge in [-0.3, -0.25) is 19.2 Å². The van der Waals surface area contributed by atoms with Gasteiger partial charge in [-0.1, -0.05) is 50.2 Å². The average molecular weight is 1360 g/mol. The lowest BCUT2D eigenvalue weighted by atomic mass is 9.88. The second kappa shape index (κ2) is 28.5. The zero-order chi connectivity index (χ0) is 68.8. The second-order valence-electron chi connectivity index (χ2n) is 28.4. The Labute approximate surface area is 573 Å². The number of halogens is 1. The number of rotatable bonds is 21. The molecule has 3 aromatic heterocycles. The Bertz CT molecular complexity index is 4130. The van der Waals surface area contributed by atoms with Crippen LogP contribution in [0.3, 0.4) is 0 Å². The maximum absolute atomic E-state index is 17.0. The lowest BCUT2D eigenvalue weighted by molar-refractivity contribution is -0.142. The molecule has 520 valence electrons. The molecule has 1 unspecified atom stereocenters. The summed E-state index contributed by atoms with van der Waals surface area (Å²) in [5, 5.41) is 33.3. The van der Waals surface area contributed by atoms with Crippen LogP contribution in [0.15, 0.2) is 72.4 Å². The smallest absolute Gasteiger partial charge is 0.410 e. The van der Waals surface area contributed by atoms with Gasteiger partial charge in [-0.2, -0.15) is 15.1 Å².